The quantitative estimate of drug-likeness (QED) is 0.330. The lowest BCUT2D eigenvalue weighted by atomic mass is 9.99. The van der Waals surface area contributed by atoms with Crippen molar-refractivity contribution in [3.8, 4) is 17.0 Å². The van der Waals surface area contributed by atoms with Gasteiger partial charge < -0.3 is 9.14 Å². The highest BCUT2D eigenvalue weighted by atomic mass is 32.2. The first-order chi connectivity index (χ1) is 15.7. The summed E-state index contributed by atoms with van der Waals surface area (Å²) in [7, 11) is 1.69. The second-order valence-corrected chi connectivity index (χ2v) is 9.16. The van der Waals surface area contributed by atoms with Crippen molar-refractivity contribution in [1.82, 2.24) is 13.7 Å². The number of benzene rings is 2. The van der Waals surface area contributed by atoms with E-state index in [9.17, 15) is 4.39 Å². The van der Waals surface area contributed by atoms with E-state index < -0.39 is 0 Å². The summed E-state index contributed by atoms with van der Waals surface area (Å²) in [5.41, 5.74) is 3.90. The minimum Gasteiger partial charge on any atom is -0.497 e. The summed E-state index contributed by atoms with van der Waals surface area (Å²) in [5.74, 6) is 2.77. The molecule has 2 aromatic heterocycles. The van der Waals surface area contributed by atoms with E-state index >= 15 is 0 Å². The average Bonchev–Trinajstić information content (AvgIpc) is 3.24. The number of rotatable bonds is 6. The van der Waals surface area contributed by atoms with Crippen LogP contribution >= 0.6 is 11.9 Å². The summed E-state index contributed by atoms with van der Waals surface area (Å²) in [6.45, 7) is 1.92. The number of ether oxygens (including phenoxy) is 1. The van der Waals surface area contributed by atoms with E-state index in [-0.39, 0.29) is 5.82 Å². The van der Waals surface area contributed by atoms with Crippen molar-refractivity contribution in [2.45, 2.75) is 24.5 Å². The number of halogens is 1. The van der Waals surface area contributed by atoms with Gasteiger partial charge in [0.2, 0.25) is 0 Å². The zero-order chi connectivity index (χ0) is 21.9. The molecule has 0 aliphatic carbocycles. The molecule has 1 aliphatic rings. The Hall–Kier alpha value is -2.83. The van der Waals surface area contributed by atoms with E-state index in [4.69, 9.17) is 9.72 Å². The van der Waals surface area contributed by atoms with Crippen LogP contribution in [0.15, 0.2) is 72.9 Å². The van der Waals surface area contributed by atoms with Crippen molar-refractivity contribution in [1.29, 1.82) is 0 Å². The maximum atomic E-state index is 14.0. The molecule has 0 radical (unpaired) electrons. The van der Waals surface area contributed by atoms with E-state index in [1.165, 1.54) is 6.07 Å². The molecular formula is C26H26FN3OS. The number of pyridine rings is 1. The van der Waals surface area contributed by atoms with E-state index in [0.29, 0.717) is 11.7 Å². The predicted molar refractivity (Wildman–Crippen MR) is 128 cm³/mol. The van der Waals surface area contributed by atoms with Gasteiger partial charge in [-0.15, -0.1) is 0 Å². The van der Waals surface area contributed by atoms with Gasteiger partial charge in [-0.2, -0.15) is 0 Å². The Morgan fingerprint density at radius 2 is 1.97 bits per heavy atom. The fraction of sp³-hybridized carbons (Fsp3) is 0.269. The molecule has 3 heterocycles. The second kappa shape index (κ2) is 9.35. The maximum Gasteiger partial charge on any atom is 0.127 e. The number of methoxy groups -OCH3 is 1. The minimum atomic E-state index is -0.129. The van der Waals surface area contributed by atoms with Crippen LogP contribution in [0.2, 0.25) is 0 Å². The lowest BCUT2D eigenvalue weighted by Gasteiger charge is -2.31. The minimum absolute atomic E-state index is 0.129. The molecule has 0 spiro atoms. The lowest BCUT2D eigenvalue weighted by molar-refractivity contribution is 0.333. The highest BCUT2D eigenvalue weighted by molar-refractivity contribution is 7.96. The van der Waals surface area contributed by atoms with Crippen molar-refractivity contribution in [3.05, 3.63) is 90.1 Å². The van der Waals surface area contributed by atoms with E-state index in [0.717, 1.165) is 59.8 Å². The molecule has 4 aromatic rings. The number of hydrogen-bond acceptors (Lipinski definition) is 4. The molecule has 1 fully saturated rings. The van der Waals surface area contributed by atoms with Crippen LogP contribution in [0.1, 0.15) is 30.1 Å². The smallest absolute Gasteiger partial charge is 0.127 e. The highest BCUT2D eigenvalue weighted by Crippen LogP contribution is 2.35. The third kappa shape index (κ3) is 4.25. The van der Waals surface area contributed by atoms with Crippen molar-refractivity contribution in [2.75, 3.05) is 20.2 Å². The first kappa shape index (κ1) is 21.0. The molecule has 5 rings (SSSR count). The van der Waals surface area contributed by atoms with E-state index in [2.05, 4.69) is 39.2 Å². The maximum absolute atomic E-state index is 14.0. The first-order valence-corrected chi connectivity index (χ1v) is 11.9. The molecule has 2 aromatic carbocycles. The predicted octanol–water partition coefficient (Wildman–Crippen LogP) is 6.18. The molecule has 0 N–H and O–H groups in total. The van der Waals surface area contributed by atoms with E-state index in [1.54, 1.807) is 25.1 Å². The van der Waals surface area contributed by atoms with Gasteiger partial charge >= 0.3 is 0 Å². The second-order valence-electron chi connectivity index (χ2n) is 8.10. The summed E-state index contributed by atoms with van der Waals surface area (Å²) < 4.78 is 24.0. The Morgan fingerprint density at radius 1 is 1.09 bits per heavy atom. The average molecular weight is 448 g/mol. The molecule has 1 atom stereocenters. The van der Waals surface area contributed by atoms with Crippen LogP contribution in [0.25, 0.3) is 16.8 Å². The molecule has 1 aliphatic heterocycles. The zero-order valence-corrected chi connectivity index (χ0v) is 18.9. The van der Waals surface area contributed by atoms with Gasteiger partial charge in [-0.25, -0.2) is 13.7 Å². The summed E-state index contributed by atoms with van der Waals surface area (Å²) >= 11 is 1.72. The summed E-state index contributed by atoms with van der Waals surface area (Å²) in [4.78, 5) is 5.14. The third-order valence-corrected chi connectivity index (χ3v) is 7.17. The van der Waals surface area contributed by atoms with Crippen LogP contribution in [0.4, 0.5) is 4.39 Å². The number of nitrogens with zero attached hydrogens (tertiary/aromatic N) is 3. The molecular weight excluding hydrogens is 421 g/mol. The van der Waals surface area contributed by atoms with Gasteiger partial charge in [0.25, 0.3) is 0 Å². The van der Waals surface area contributed by atoms with Crippen LogP contribution in [-0.4, -0.2) is 33.9 Å². The largest absolute Gasteiger partial charge is 0.497 e. The number of piperidine rings is 1. The number of hydrogen-bond donors (Lipinski definition) is 0. The molecule has 6 heteroatoms. The van der Waals surface area contributed by atoms with Crippen LogP contribution < -0.4 is 4.74 Å². The number of imidazole rings is 1. The Kier molecular flexibility index (Phi) is 6.14. The number of aromatic nitrogens is 2. The highest BCUT2D eigenvalue weighted by Gasteiger charge is 2.26. The Bertz CT molecular complexity index is 1220. The summed E-state index contributed by atoms with van der Waals surface area (Å²) in [5, 5.41) is 0. The Morgan fingerprint density at radius 3 is 2.84 bits per heavy atom. The van der Waals surface area contributed by atoms with Gasteiger partial charge in [-0.1, -0.05) is 48.3 Å². The van der Waals surface area contributed by atoms with Crippen molar-refractivity contribution < 1.29 is 9.13 Å². The van der Waals surface area contributed by atoms with Gasteiger partial charge in [0.05, 0.1) is 18.3 Å². The Labute approximate surface area is 192 Å². The first-order valence-electron chi connectivity index (χ1n) is 11.0. The van der Waals surface area contributed by atoms with Gasteiger partial charge in [0.1, 0.15) is 17.4 Å². The summed E-state index contributed by atoms with van der Waals surface area (Å²) in [6, 6.07) is 21.4. The molecule has 32 heavy (non-hydrogen) atoms. The van der Waals surface area contributed by atoms with Crippen LogP contribution in [0, 0.1) is 5.82 Å². The zero-order valence-electron chi connectivity index (χ0n) is 18.1. The van der Waals surface area contributed by atoms with Crippen LogP contribution in [0.5, 0.6) is 5.75 Å². The topological polar surface area (TPSA) is 29.8 Å². The SMILES string of the molecule is COc1cccc(-c2nc(C3CCCN(SCc4ccccc4F)C3)n3ccccc23)c1. The molecule has 0 bridgehead atoms. The molecule has 1 saturated heterocycles. The normalized spacial score (nSPS) is 17.0. The summed E-state index contributed by atoms with van der Waals surface area (Å²) in [6.07, 6.45) is 4.31. The standard InChI is InChI=1S/C26H26FN3OS/c1-31-22-11-6-9-19(16-22)25-24-13-4-5-15-30(24)26(28-25)20-10-7-14-29(17-20)32-18-21-8-2-3-12-23(21)27/h2-6,8-9,11-13,15-16,20H,7,10,14,17-18H2,1H3. The Balaban J connectivity index is 1.41. The molecule has 4 nitrogen and oxygen atoms in total. The molecule has 164 valence electrons. The van der Waals surface area contributed by atoms with Crippen LogP contribution in [0.3, 0.4) is 0 Å². The van der Waals surface area contributed by atoms with Gasteiger partial charge in [0.15, 0.2) is 0 Å². The van der Waals surface area contributed by atoms with Crippen molar-refractivity contribution >= 4 is 17.5 Å². The fourth-order valence-electron chi connectivity index (χ4n) is 4.38. The molecule has 1 unspecified atom stereocenters. The molecule has 0 amide bonds. The van der Waals surface area contributed by atoms with Crippen molar-refractivity contribution in [3.63, 3.8) is 0 Å². The van der Waals surface area contributed by atoms with Crippen LogP contribution in [-0.2, 0) is 5.75 Å². The van der Waals surface area contributed by atoms with Gasteiger partial charge in [-0.3, -0.25) is 0 Å². The van der Waals surface area contributed by atoms with E-state index in [1.807, 2.05) is 30.3 Å². The lowest BCUT2D eigenvalue weighted by Crippen LogP contribution is -2.30. The fourth-order valence-corrected chi connectivity index (χ4v) is 5.48. The van der Waals surface area contributed by atoms with Crippen molar-refractivity contribution in [2.24, 2.45) is 0 Å². The monoisotopic (exact) mass is 447 g/mol. The van der Waals surface area contributed by atoms with Gasteiger partial charge in [-0.05, 0) is 48.7 Å². The number of fused-ring (bicyclic) bond motifs is 1. The molecule has 0 saturated carbocycles. The van der Waals surface area contributed by atoms with Gasteiger partial charge in [0, 0.05) is 36.5 Å². The third-order valence-electron chi connectivity index (χ3n) is 6.03.